The molecule has 0 aromatic rings. The Labute approximate surface area is 46.1 Å². The summed E-state index contributed by atoms with van der Waals surface area (Å²) >= 11 is 0. The highest BCUT2D eigenvalue weighted by Crippen LogP contribution is 2.15. The third kappa shape index (κ3) is 0.307. The Balaban J connectivity index is 2.78. The molecule has 0 radical (unpaired) electrons. The molecule has 2 rings (SSSR count). The fourth-order valence-corrected chi connectivity index (χ4v) is 0.673. The maximum Gasteiger partial charge on any atom is 0.0980 e. The van der Waals surface area contributed by atoms with Crippen LogP contribution in [0.5, 0.6) is 0 Å². The first kappa shape index (κ1) is 3.72. The minimum Gasteiger partial charge on any atom is -0.308 e. The highest BCUT2D eigenvalue weighted by molar-refractivity contribution is 5.56. The van der Waals surface area contributed by atoms with Crippen LogP contribution in [0.25, 0.3) is 11.4 Å². The summed E-state index contributed by atoms with van der Waals surface area (Å²) in [6, 6.07) is 1.92. The van der Waals surface area contributed by atoms with Gasteiger partial charge >= 0.3 is 0 Å². The second kappa shape index (κ2) is 1.12. The van der Waals surface area contributed by atoms with E-state index in [1.54, 1.807) is 6.20 Å². The van der Waals surface area contributed by atoms with Gasteiger partial charge in [-0.3, -0.25) is 10.1 Å². The van der Waals surface area contributed by atoms with Crippen molar-refractivity contribution in [3.8, 4) is 11.4 Å². The van der Waals surface area contributed by atoms with Gasteiger partial charge in [0.15, 0.2) is 0 Å². The normalized spacial score (nSPS) is 10.5. The fraction of sp³-hybridized carbons (Fsp3) is 0. The fourth-order valence-electron chi connectivity index (χ4n) is 0.673. The molecule has 40 valence electrons. The Kier molecular flexibility index (Phi) is 0.521. The molecule has 2 N–H and O–H groups in total. The minimum atomic E-state index is 1.03. The highest BCUT2D eigenvalue weighted by Gasteiger charge is 2.02. The Hall–Kier alpha value is -1.25. The molecule has 0 fully saturated rings. The van der Waals surface area contributed by atoms with E-state index in [4.69, 9.17) is 0 Å². The van der Waals surface area contributed by atoms with E-state index in [2.05, 4.69) is 15.2 Å². The average molecular weight is 107 g/mol. The zero-order valence-corrected chi connectivity index (χ0v) is 4.18. The zero-order chi connectivity index (χ0) is 5.40. The summed E-state index contributed by atoms with van der Waals surface area (Å²) in [5, 5.41) is 5.75. The molecule has 3 nitrogen and oxygen atoms in total. The van der Waals surface area contributed by atoms with Crippen LogP contribution in [-0.2, 0) is 0 Å². The number of nitrogens with one attached hydrogen (secondary N) is 2. The van der Waals surface area contributed by atoms with Crippen LogP contribution in [0.15, 0.2) is 18.5 Å². The van der Waals surface area contributed by atoms with Gasteiger partial charge in [0, 0.05) is 6.20 Å². The lowest BCUT2D eigenvalue weighted by atomic mass is 10.3. The molecule has 0 aromatic heterocycles. The first-order chi connectivity index (χ1) is 3.97. The third-order valence-electron chi connectivity index (χ3n) is 1.14. The van der Waals surface area contributed by atoms with Crippen molar-refractivity contribution in [2.24, 2.45) is 0 Å². The third-order valence-corrected chi connectivity index (χ3v) is 1.14. The number of rotatable bonds is 0. The van der Waals surface area contributed by atoms with Crippen molar-refractivity contribution in [1.82, 2.24) is 15.2 Å². The van der Waals surface area contributed by atoms with E-state index in [1.165, 1.54) is 0 Å². The van der Waals surface area contributed by atoms with Gasteiger partial charge < -0.3 is 5.10 Å². The maximum absolute atomic E-state index is 3.96. The van der Waals surface area contributed by atoms with Gasteiger partial charge in [0.2, 0.25) is 0 Å². The van der Waals surface area contributed by atoms with Crippen molar-refractivity contribution in [1.29, 1.82) is 0 Å². The predicted molar refractivity (Wildman–Crippen MR) is 29.6 cm³/mol. The van der Waals surface area contributed by atoms with E-state index in [1.807, 2.05) is 12.3 Å². The van der Waals surface area contributed by atoms with Crippen molar-refractivity contribution >= 4 is 0 Å². The number of aromatic amines is 2. The largest absolute Gasteiger partial charge is 0.308 e. The summed E-state index contributed by atoms with van der Waals surface area (Å²) in [5.74, 6) is 0. The Morgan fingerprint density at radius 2 is 2.50 bits per heavy atom. The summed E-state index contributed by atoms with van der Waals surface area (Å²) in [4.78, 5) is 3.96. The molecule has 2 heterocycles. The zero-order valence-electron chi connectivity index (χ0n) is 4.18. The van der Waals surface area contributed by atoms with Crippen LogP contribution in [-0.4, -0.2) is 15.2 Å². The second-order valence-corrected chi connectivity index (χ2v) is 1.66. The van der Waals surface area contributed by atoms with Crippen molar-refractivity contribution in [3.63, 3.8) is 0 Å². The van der Waals surface area contributed by atoms with E-state index >= 15 is 0 Å². The van der Waals surface area contributed by atoms with Crippen LogP contribution in [0.4, 0.5) is 0 Å². The van der Waals surface area contributed by atoms with Crippen molar-refractivity contribution < 1.29 is 0 Å². The van der Waals surface area contributed by atoms with Crippen LogP contribution in [0.1, 0.15) is 0 Å². The van der Waals surface area contributed by atoms with E-state index < -0.39 is 0 Å². The standard InChI is InChI=1S/C5H5N3/c1-2-7-8-5-3-6-4(1)5/h1-3,7-8H. The molecule has 0 saturated heterocycles. The molecule has 0 spiro atoms. The summed E-state index contributed by atoms with van der Waals surface area (Å²) in [6.07, 6.45) is 3.60. The summed E-state index contributed by atoms with van der Waals surface area (Å²) in [6.45, 7) is 0. The lowest BCUT2D eigenvalue weighted by Crippen LogP contribution is -1.95. The van der Waals surface area contributed by atoms with Gasteiger partial charge in [-0.25, -0.2) is 0 Å². The molecule has 0 aromatic carbocycles. The maximum atomic E-state index is 3.96. The number of aromatic nitrogens is 3. The van der Waals surface area contributed by atoms with Gasteiger partial charge in [-0.15, -0.1) is 0 Å². The van der Waals surface area contributed by atoms with Crippen molar-refractivity contribution in [2.75, 3.05) is 0 Å². The lowest BCUT2D eigenvalue weighted by Gasteiger charge is -2.04. The molecule has 2 aliphatic heterocycles. The first-order valence-electron chi connectivity index (χ1n) is 2.43. The van der Waals surface area contributed by atoms with E-state index in [-0.39, 0.29) is 0 Å². The number of fused-ring (bicyclic) bond motifs is 1. The lowest BCUT2D eigenvalue weighted by molar-refractivity contribution is 0.991. The smallest absolute Gasteiger partial charge is 0.0980 e. The summed E-state index contributed by atoms with van der Waals surface area (Å²) < 4.78 is 0. The monoisotopic (exact) mass is 107 g/mol. The highest BCUT2D eigenvalue weighted by atomic mass is 15.1. The molecular formula is C5H5N3. The van der Waals surface area contributed by atoms with Gasteiger partial charge in [-0.05, 0) is 6.07 Å². The van der Waals surface area contributed by atoms with Crippen molar-refractivity contribution in [3.05, 3.63) is 18.5 Å². The number of hydrogen-bond acceptors (Lipinski definition) is 1. The summed E-state index contributed by atoms with van der Waals surface area (Å²) in [7, 11) is 0. The van der Waals surface area contributed by atoms with E-state index in [9.17, 15) is 0 Å². The van der Waals surface area contributed by atoms with Crippen LogP contribution in [0, 0.1) is 0 Å². The van der Waals surface area contributed by atoms with E-state index in [0.29, 0.717) is 0 Å². The Bertz CT molecular complexity index is 217. The topological polar surface area (TPSA) is 44.5 Å². The van der Waals surface area contributed by atoms with Gasteiger partial charge in [0.05, 0.1) is 17.6 Å². The van der Waals surface area contributed by atoms with E-state index in [0.717, 1.165) is 11.4 Å². The molecule has 8 heavy (non-hydrogen) atoms. The quantitative estimate of drug-likeness (QED) is 0.514. The molecule has 0 atom stereocenters. The molecule has 0 amide bonds. The van der Waals surface area contributed by atoms with Crippen LogP contribution in [0.2, 0.25) is 0 Å². The molecule has 3 heteroatoms. The molecule has 0 aliphatic carbocycles. The number of hydrogen-bond donors (Lipinski definition) is 2. The second-order valence-electron chi connectivity index (χ2n) is 1.66. The van der Waals surface area contributed by atoms with Gasteiger partial charge in [0.1, 0.15) is 0 Å². The SMILES string of the molecule is c1cc2ncc-2[nH][nH]1. The minimum absolute atomic E-state index is 1.03. The molecular weight excluding hydrogens is 102 g/mol. The Morgan fingerprint density at radius 1 is 1.50 bits per heavy atom. The Morgan fingerprint density at radius 3 is 2.88 bits per heavy atom. The van der Waals surface area contributed by atoms with Crippen LogP contribution >= 0.6 is 0 Å². The van der Waals surface area contributed by atoms with Crippen LogP contribution in [0.3, 0.4) is 0 Å². The van der Waals surface area contributed by atoms with Crippen LogP contribution < -0.4 is 0 Å². The van der Waals surface area contributed by atoms with Gasteiger partial charge in [-0.2, -0.15) is 0 Å². The summed E-state index contributed by atoms with van der Waals surface area (Å²) in [5.41, 5.74) is 2.11. The number of nitrogens with zero attached hydrogens (tertiary/aromatic N) is 1. The molecule has 0 unspecified atom stereocenters. The van der Waals surface area contributed by atoms with Gasteiger partial charge in [-0.1, -0.05) is 0 Å². The molecule has 0 saturated carbocycles. The number of H-pyrrole nitrogens is 2. The average Bonchev–Trinajstić information content (AvgIpc) is 1.72. The predicted octanol–water partition coefficient (Wildman–Crippen LogP) is 0.843. The molecule has 2 aliphatic rings. The van der Waals surface area contributed by atoms with Crippen molar-refractivity contribution in [2.45, 2.75) is 0 Å². The molecule has 0 bridgehead atoms. The first-order valence-corrected chi connectivity index (χ1v) is 2.43. The van der Waals surface area contributed by atoms with Gasteiger partial charge in [0.25, 0.3) is 0 Å².